The van der Waals surface area contributed by atoms with Gasteiger partial charge >= 0.3 is 0 Å². The zero-order valence-electron chi connectivity index (χ0n) is 17.9. The van der Waals surface area contributed by atoms with Crippen molar-refractivity contribution >= 4 is 39.8 Å². The first kappa shape index (κ1) is 25.8. The van der Waals surface area contributed by atoms with Crippen LogP contribution in [0.15, 0.2) is 48.5 Å². The average molecular weight is 483 g/mol. The van der Waals surface area contributed by atoms with Crippen LogP contribution in [-0.4, -0.2) is 44.4 Å². The van der Waals surface area contributed by atoms with Crippen LogP contribution in [0.4, 0.5) is 10.1 Å². The highest BCUT2D eigenvalue weighted by Gasteiger charge is 2.27. The van der Waals surface area contributed by atoms with Gasteiger partial charge in [0, 0.05) is 36.7 Å². The van der Waals surface area contributed by atoms with E-state index in [1.807, 2.05) is 17.0 Å². The van der Waals surface area contributed by atoms with Crippen molar-refractivity contribution in [2.24, 2.45) is 5.92 Å². The fraction of sp³-hybridized carbons (Fsp3) is 0.391. The lowest BCUT2D eigenvalue weighted by molar-refractivity contribution is -0.132. The van der Waals surface area contributed by atoms with Gasteiger partial charge in [-0.25, -0.2) is 12.8 Å². The topological polar surface area (TPSA) is 83.6 Å². The number of anilines is 1. The molecule has 174 valence electrons. The number of likely N-dealkylation sites (tertiary alicyclic amines) is 1. The second-order valence-electron chi connectivity index (χ2n) is 7.95. The van der Waals surface area contributed by atoms with E-state index in [0.717, 1.165) is 18.2 Å². The van der Waals surface area contributed by atoms with Gasteiger partial charge in [-0.05, 0) is 67.6 Å². The number of hydrogen-bond acceptors (Lipinski definition) is 4. The van der Waals surface area contributed by atoms with Crippen molar-refractivity contribution in [1.82, 2.24) is 4.90 Å². The van der Waals surface area contributed by atoms with E-state index in [2.05, 4.69) is 4.72 Å². The minimum absolute atomic E-state index is 0. The molecule has 1 amide bonds. The van der Waals surface area contributed by atoms with E-state index in [1.165, 1.54) is 24.3 Å². The summed E-state index contributed by atoms with van der Waals surface area (Å²) in [6.45, 7) is 1.12. The normalized spacial score (nSPS) is 14.5. The number of amides is 1. The summed E-state index contributed by atoms with van der Waals surface area (Å²) < 4.78 is 37.9. The second-order valence-corrected chi connectivity index (χ2v) is 9.70. The molecular formula is C23H28ClFN2O4S. The van der Waals surface area contributed by atoms with Crippen LogP contribution in [-0.2, 0) is 21.2 Å². The van der Waals surface area contributed by atoms with Crippen molar-refractivity contribution < 1.29 is 22.4 Å². The maximum absolute atomic E-state index is 13.0. The largest absolute Gasteiger partial charge is 0.343 e. The Bertz CT molecular complexity index is 1020. The molecule has 1 aliphatic heterocycles. The molecule has 0 unspecified atom stereocenters. The van der Waals surface area contributed by atoms with Crippen LogP contribution in [0.1, 0.15) is 41.6 Å². The van der Waals surface area contributed by atoms with Gasteiger partial charge in [-0.15, -0.1) is 12.4 Å². The van der Waals surface area contributed by atoms with Gasteiger partial charge in [-0.3, -0.25) is 14.3 Å². The summed E-state index contributed by atoms with van der Waals surface area (Å²) in [5.41, 5.74) is 2.07. The Kier molecular flexibility index (Phi) is 9.21. The number of aryl methyl sites for hydroxylation is 1. The van der Waals surface area contributed by atoms with Crippen LogP contribution in [0, 0.1) is 11.7 Å². The van der Waals surface area contributed by atoms with Crippen LogP contribution in [0.25, 0.3) is 0 Å². The number of hydrogen-bond donors (Lipinski definition) is 1. The van der Waals surface area contributed by atoms with E-state index in [-0.39, 0.29) is 35.8 Å². The Balaban J connectivity index is 0.00000363. The van der Waals surface area contributed by atoms with E-state index in [9.17, 15) is 22.4 Å². The molecule has 0 saturated carbocycles. The second kappa shape index (κ2) is 11.4. The Morgan fingerprint density at radius 1 is 1.03 bits per heavy atom. The first-order chi connectivity index (χ1) is 14.7. The Morgan fingerprint density at radius 3 is 2.19 bits per heavy atom. The summed E-state index contributed by atoms with van der Waals surface area (Å²) in [5.74, 6) is -0.393. The third kappa shape index (κ3) is 7.60. The van der Waals surface area contributed by atoms with E-state index < -0.39 is 10.0 Å². The zero-order chi connectivity index (χ0) is 22.4. The van der Waals surface area contributed by atoms with Gasteiger partial charge < -0.3 is 4.90 Å². The lowest BCUT2D eigenvalue weighted by atomic mass is 9.88. The van der Waals surface area contributed by atoms with Gasteiger partial charge in [0.05, 0.1) is 6.26 Å². The van der Waals surface area contributed by atoms with Crippen LogP contribution < -0.4 is 4.72 Å². The standard InChI is InChI=1S/C23H27FN2O4S.ClH/c1-31(29,30)25-21-11-5-17(6-12-21)3-2-4-22(27)26-15-13-19(14-16-26)23(28)18-7-9-20(24)10-8-18;/h5-12,19,25H,2-4,13-16H2,1H3;1H. The van der Waals surface area contributed by atoms with Crippen LogP contribution >= 0.6 is 12.4 Å². The first-order valence-corrected chi connectivity index (χ1v) is 12.2. The number of rotatable bonds is 8. The maximum atomic E-state index is 13.0. The highest BCUT2D eigenvalue weighted by Crippen LogP contribution is 2.23. The molecule has 3 rings (SSSR count). The molecule has 0 bridgehead atoms. The molecule has 0 aliphatic carbocycles. The molecule has 2 aromatic rings. The van der Waals surface area contributed by atoms with Gasteiger partial charge in [0.25, 0.3) is 0 Å². The van der Waals surface area contributed by atoms with Crippen molar-refractivity contribution in [3.63, 3.8) is 0 Å². The van der Waals surface area contributed by atoms with Crippen LogP contribution in [0.2, 0.25) is 0 Å². The molecule has 1 N–H and O–H groups in total. The molecule has 1 heterocycles. The summed E-state index contributed by atoms with van der Waals surface area (Å²) in [4.78, 5) is 26.9. The molecule has 6 nitrogen and oxygen atoms in total. The molecule has 9 heteroatoms. The highest BCUT2D eigenvalue weighted by molar-refractivity contribution is 7.92. The van der Waals surface area contributed by atoms with Gasteiger partial charge in [0.15, 0.2) is 5.78 Å². The Hall–Kier alpha value is -2.45. The molecule has 2 aromatic carbocycles. The van der Waals surface area contributed by atoms with E-state index in [1.54, 1.807) is 12.1 Å². The number of sulfonamides is 1. The number of piperidine rings is 1. The fourth-order valence-electron chi connectivity index (χ4n) is 3.80. The summed E-state index contributed by atoms with van der Waals surface area (Å²) in [6, 6.07) is 12.7. The number of ketones is 1. The van der Waals surface area contributed by atoms with E-state index >= 15 is 0 Å². The predicted octanol–water partition coefficient (Wildman–Crippen LogP) is 4.06. The third-order valence-electron chi connectivity index (χ3n) is 5.46. The van der Waals surface area contributed by atoms with Crippen molar-refractivity contribution in [2.45, 2.75) is 32.1 Å². The van der Waals surface area contributed by atoms with Crippen LogP contribution in [0.3, 0.4) is 0 Å². The maximum Gasteiger partial charge on any atom is 0.229 e. The molecule has 0 aromatic heterocycles. The summed E-state index contributed by atoms with van der Waals surface area (Å²) in [7, 11) is -3.29. The van der Waals surface area contributed by atoms with E-state index in [0.29, 0.717) is 50.0 Å². The number of halogens is 2. The number of nitrogens with zero attached hydrogens (tertiary/aromatic N) is 1. The Morgan fingerprint density at radius 2 is 1.62 bits per heavy atom. The van der Waals surface area contributed by atoms with Gasteiger partial charge in [-0.2, -0.15) is 0 Å². The quantitative estimate of drug-likeness (QED) is 0.575. The summed E-state index contributed by atoms with van der Waals surface area (Å²) >= 11 is 0. The van der Waals surface area contributed by atoms with Gasteiger partial charge in [0.2, 0.25) is 15.9 Å². The van der Waals surface area contributed by atoms with Gasteiger partial charge in [0.1, 0.15) is 5.82 Å². The zero-order valence-corrected chi connectivity index (χ0v) is 19.6. The molecule has 0 atom stereocenters. The van der Waals surface area contributed by atoms with E-state index in [4.69, 9.17) is 0 Å². The van der Waals surface area contributed by atoms with Crippen molar-refractivity contribution in [3.05, 3.63) is 65.5 Å². The van der Waals surface area contributed by atoms with Gasteiger partial charge in [-0.1, -0.05) is 12.1 Å². The average Bonchev–Trinajstić information content (AvgIpc) is 2.74. The minimum atomic E-state index is -3.29. The smallest absolute Gasteiger partial charge is 0.229 e. The first-order valence-electron chi connectivity index (χ1n) is 10.4. The summed E-state index contributed by atoms with van der Waals surface area (Å²) in [6.07, 6.45) is 4.21. The predicted molar refractivity (Wildman–Crippen MR) is 125 cm³/mol. The number of benzene rings is 2. The third-order valence-corrected chi connectivity index (χ3v) is 6.07. The monoisotopic (exact) mass is 482 g/mol. The van der Waals surface area contributed by atoms with Crippen LogP contribution in [0.5, 0.6) is 0 Å². The minimum Gasteiger partial charge on any atom is -0.343 e. The fourth-order valence-corrected chi connectivity index (χ4v) is 4.36. The van der Waals surface area contributed by atoms with Crippen molar-refractivity contribution in [1.29, 1.82) is 0 Å². The number of nitrogens with one attached hydrogen (secondary N) is 1. The molecule has 0 radical (unpaired) electrons. The lowest BCUT2D eigenvalue weighted by Gasteiger charge is -2.31. The SMILES string of the molecule is CS(=O)(=O)Nc1ccc(CCCC(=O)N2CCC(C(=O)c3ccc(F)cc3)CC2)cc1.Cl. The lowest BCUT2D eigenvalue weighted by Crippen LogP contribution is -2.40. The summed E-state index contributed by atoms with van der Waals surface area (Å²) in [5, 5.41) is 0. The number of Topliss-reactive ketones (excluding diaryl/α,β-unsaturated/α-hetero) is 1. The molecule has 0 spiro atoms. The number of carbonyl (C=O) groups is 2. The highest BCUT2D eigenvalue weighted by atomic mass is 35.5. The molecule has 32 heavy (non-hydrogen) atoms. The number of carbonyl (C=O) groups excluding carboxylic acids is 2. The molecule has 1 fully saturated rings. The Labute approximate surface area is 194 Å². The van der Waals surface area contributed by atoms with Crippen molar-refractivity contribution in [2.75, 3.05) is 24.1 Å². The molecular weight excluding hydrogens is 455 g/mol. The van der Waals surface area contributed by atoms with Crippen molar-refractivity contribution in [3.8, 4) is 0 Å². The molecule has 1 aliphatic rings. The molecule has 1 saturated heterocycles.